The Balaban J connectivity index is 1.31. The van der Waals surface area contributed by atoms with Crippen molar-refractivity contribution in [3.63, 3.8) is 0 Å². The Hall–Kier alpha value is -3.12. The topological polar surface area (TPSA) is 124 Å². The van der Waals surface area contributed by atoms with Gasteiger partial charge in [-0.15, -0.1) is 0 Å². The molecule has 3 fully saturated rings. The summed E-state index contributed by atoms with van der Waals surface area (Å²) < 4.78 is 39.3. The number of ether oxygens (including phenoxy) is 1. The fourth-order valence-electron chi connectivity index (χ4n) is 5.64. The van der Waals surface area contributed by atoms with Gasteiger partial charge in [-0.1, -0.05) is 0 Å². The van der Waals surface area contributed by atoms with Crippen LogP contribution in [0.5, 0.6) is 0 Å². The number of sulfonamides is 1. The molecule has 0 atom stereocenters. The van der Waals surface area contributed by atoms with Gasteiger partial charge in [-0.3, -0.25) is 4.79 Å². The molecule has 3 aliphatic rings. The molecule has 0 bridgehead atoms. The van der Waals surface area contributed by atoms with E-state index < -0.39 is 10.0 Å². The number of amides is 1. The third kappa shape index (κ3) is 5.36. The average Bonchev–Trinajstić information content (AvgIpc) is 3.53. The van der Waals surface area contributed by atoms with Crippen LogP contribution in [-0.2, 0) is 14.8 Å². The highest BCUT2D eigenvalue weighted by Crippen LogP contribution is 2.54. The molecule has 1 amide bonds. The van der Waals surface area contributed by atoms with Crippen molar-refractivity contribution in [1.82, 2.24) is 4.72 Å². The summed E-state index contributed by atoms with van der Waals surface area (Å²) in [6.07, 6.45) is 6.25. The Morgan fingerprint density at radius 2 is 1.69 bits per heavy atom. The molecule has 1 saturated carbocycles. The quantitative estimate of drug-likeness (QED) is 0.388. The fraction of sp³-hybridized carbons (Fsp3) is 0.464. The number of nitrogens with one attached hydrogen (secondary N) is 2. The van der Waals surface area contributed by atoms with Crippen LogP contribution in [0.15, 0.2) is 52.0 Å². The van der Waals surface area contributed by atoms with Crippen molar-refractivity contribution in [3.8, 4) is 0 Å². The lowest BCUT2D eigenvalue weighted by atomic mass is 9.93. The molecule has 0 radical (unpaired) electrons. The van der Waals surface area contributed by atoms with Gasteiger partial charge in [0, 0.05) is 43.7 Å². The number of hydrogen-bond donors (Lipinski definition) is 3. The van der Waals surface area contributed by atoms with Crippen molar-refractivity contribution >= 4 is 44.0 Å². The van der Waals surface area contributed by atoms with Gasteiger partial charge in [-0.2, -0.15) is 0 Å². The van der Waals surface area contributed by atoms with Gasteiger partial charge in [0.05, 0.1) is 48.0 Å². The van der Waals surface area contributed by atoms with E-state index >= 15 is 0 Å². The van der Waals surface area contributed by atoms with Crippen LogP contribution in [0.1, 0.15) is 36.0 Å². The van der Waals surface area contributed by atoms with Gasteiger partial charge in [0.15, 0.2) is 5.58 Å². The number of anilines is 3. The smallest absolute Gasteiger partial charge is 0.255 e. The maximum Gasteiger partial charge on any atom is 0.255 e. The van der Waals surface area contributed by atoms with Crippen LogP contribution in [0, 0.1) is 5.41 Å². The van der Waals surface area contributed by atoms with Crippen LogP contribution in [0.4, 0.5) is 17.1 Å². The van der Waals surface area contributed by atoms with Gasteiger partial charge in [0.2, 0.25) is 10.0 Å². The molecule has 1 spiro atoms. The van der Waals surface area contributed by atoms with E-state index in [9.17, 15) is 13.2 Å². The van der Waals surface area contributed by atoms with E-state index in [0.29, 0.717) is 48.7 Å². The first-order valence-electron chi connectivity index (χ1n) is 13.5. The highest BCUT2D eigenvalue weighted by molar-refractivity contribution is 7.89. The van der Waals surface area contributed by atoms with Gasteiger partial charge in [0.1, 0.15) is 0 Å². The first-order chi connectivity index (χ1) is 18.9. The standard InChI is InChI=1S/C28H34N4O6S/c33-13-8-29-39(35,36)22-1-2-23(24(19-22)31-9-6-28(4-5-28)7-10-31)30-27(34)21-17-20-3-14-38-26(20)25(18-21)32-11-15-37-16-12-32/h1-3,14,17-19,29,33H,4-13,15-16H2,(H,30,34). The van der Waals surface area contributed by atoms with Crippen LogP contribution in [0.3, 0.4) is 0 Å². The first kappa shape index (κ1) is 26.1. The summed E-state index contributed by atoms with van der Waals surface area (Å²) in [7, 11) is -3.80. The van der Waals surface area contributed by atoms with Crippen LogP contribution in [0.2, 0.25) is 0 Å². The number of nitrogens with zero attached hydrogens (tertiary/aromatic N) is 2. The number of morpholine rings is 1. The zero-order chi connectivity index (χ0) is 27.0. The molecule has 3 aromatic rings. The number of piperidine rings is 1. The number of rotatable bonds is 8. The minimum Gasteiger partial charge on any atom is -0.462 e. The van der Waals surface area contributed by atoms with Crippen LogP contribution < -0.4 is 19.8 Å². The molecule has 11 heteroatoms. The number of aliphatic hydroxyl groups excluding tert-OH is 1. The molecular formula is C28H34N4O6S. The van der Waals surface area contributed by atoms with Gasteiger partial charge < -0.3 is 29.4 Å². The predicted octanol–water partition coefficient (Wildman–Crippen LogP) is 3.17. The SMILES string of the molecule is O=C(Nc1ccc(S(=O)(=O)NCCO)cc1N1CCC2(CC1)CC2)c1cc(N2CCOCC2)c2occc2c1. The molecule has 3 N–H and O–H groups in total. The fourth-order valence-corrected chi connectivity index (χ4v) is 6.68. The zero-order valence-electron chi connectivity index (χ0n) is 21.8. The normalized spacial score (nSPS) is 19.0. The molecule has 10 nitrogen and oxygen atoms in total. The second-order valence-electron chi connectivity index (χ2n) is 10.7. The summed E-state index contributed by atoms with van der Waals surface area (Å²) in [5, 5.41) is 13.0. The molecule has 39 heavy (non-hydrogen) atoms. The Morgan fingerprint density at radius 1 is 0.949 bits per heavy atom. The third-order valence-electron chi connectivity index (χ3n) is 8.20. The lowest BCUT2D eigenvalue weighted by molar-refractivity contribution is 0.102. The maximum absolute atomic E-state index is 13.6. The summed E-state index contributed by atoms with van der Waals surface area (Å²) in [6.45, 7) is 3.90. The average molecular weight is 555 g/mol. The summed E-state index contributed by atoms with van der Waals surface area (Å²) in [5.41, 5.74) is 3.78. The minimum absolute atomic E-state index is 0.0651. The van der Waals surface area contributed by atoms with E-state index in [1.54, 1.807) is 18.4 Å². The van der Waals surface area contributed by atoms with Gasteiger partial charge in [-0.05, 0) is 67.5 Å². The molecule has 0 unspecified atom stereocenters. The van der Waals surface area contributed by atoms with Crippen molar-refractivity contribution in [2.24, 2.45) is 5.41 Å². The third-order valence-corrected chi connectivity index (χ3v) is 9.66. The van der Waals surface area contributed by atoms with Crippen LogP contribution in [-0.4, -0.2) is 72.0 Å². The Bertz CT molecular complexity index is 1470. The lowest BCUT2D eigenvalue weighted by Crippen LogP contribution is -2.36. The largest absolute Gasteiger partial charge is 0.462 e. The van der Waals surface area contributed by atoms with Gasteiger partial charge in [0.25, 0.3) is 5.91 Å². The number of carbonyl (C=O) groups excluding carboxylic acids is 1. The van der Waals surface area contributed by atoms with Gasteiger partial charge in [-0.25, -0.2) is 13.1 Å². The zero-order valence-corrected chi connectivity index (χ0v) is 22.6. The minimum atomic E-state index is -3.80. The molecule has 1 aromatic heterocycles. The number of aliphatic hydroxyl groups is 1. The van der Waals surface area contributed by atoms with E-state index in [-0.39, 0.29) is 24.0 Å². The number of hydrogen-bond acceptors (Lipinski definition) is 8. The molecule has 3 heterocycles. The number of fused-ring (bicyclic) bond motifs is 1. The summed E-state index contributed by atoms with van der Waals surface area (Å²) in [5.74, 6) is -0.279. The number of benzene rings is 2. The van der Waals surface area contributed by atoms with Crippen molar-refractivity contribution in [2.45, 2.75) is 30.6 Å². The van der Waals surface area contributed by atoms with Crippen LogP contribution in [0.25, 0.3) is 11.0 Å². The number of furan rings is 1. The molecule has 2 saturated heterocycles. The first-order valence-corrected chi connectivity index (χ1v) is 15.0. The monoisotopic (exact) mass is 554 g/mol. The Morgan fingerprint density at radius 3 is 2.41 bits per heavy atom. The van der Waals surface area contributed by atoms with Crippen LogP contribution >= 0.6 is 0 Å². The van der Waals surface area contributed by atoms with Gasteiger partial charge >= 0.3 is 0 Å². The molecular weight excluding hydrogens is 520 g/mol. The maximum atomic E-state index is 13.6. The highest BCUT2D eigenvalue weighted by atomic mass is 32.2. The predicted molar refractivity (Wildman–Crippen MR) is 149 cm³/mol. The molecule has 2 aromatic carbocycles. The van der Waals surface area contributed by atoms with E-state index in [4.69, 9.17) is 14.3 Å². The Labute approximate surface area is 228 Å². The second kappa shape index (κ2) is 10.5. The molecule has 6 rings (SSSR count). The molecule has 208 valence electrons. The van der Waals surface area contributed by atoms with Crippen molar-refractivity contribution in [3.05, 3.63) is 48.2 Å². The highest BCUT2D eigenvalue weighted by Gasteiger charge is 2.44. The Kier molecular flexibility index (Phi) is 7.00. The number of carbonyl (C=O) groups is 1. The van der Waals surface area contributed by atoms with E-state index in [1.807, 2.05) is 18.2 Å². The summed E-state index contributed by atoms with van der Waals surface area (Å²) in [4.78, 5) is 18.1. The lowest BCUT2D eigenvalue weighted by Gasteiger charge is -2.35. The second-order valence-corrected chi connectivity index (χ2v) is 12.4. The summed E-state index contributed by atoms with van der Waals surface area (Å²) >= 11 is 0. The van der Waals surface area contributed by atoms with Crippen molar-refractivity contribution in [1.29, 1.82) is 0 Å². The van der Waals surface area contributed by atoms with Crippen molar-refractivity contribution < 1.29 is 27.5 Å². The van der Waals surface area contributed by atoms with E-state index in [0.717, 1.165) is 42.6 Å². The van der Waals surface area contributed by atoms with E-state index in [1.165, 1.54) is 18.9 Å². The molecule has 1 aliphatic carbocycles. The van der Waals surface area contributed by atoms with E-state index in [2.05, 4.69) is 19.8 Å². The van der Waals surface area contributed by atoms with Crippen molar-refractivity contribution in [2.75, 3.05) is 67.7 Å². The summed E-state index contributed by atoms with van der Waals surface area (Å²) in [6, 6.07) is 10.3. The molecule has 2 aliphatic heterocycles.